The van der Waals surface area contributed by atoms with Crippen molar-refractivity contribution in [2.75, 3.05) is 19.8 Å². The number of benzene rings is 1. The zero-order valence-electron chi connectivity index (χ0n) is 11.5. The Kier molecular flexibility index (Phi) is 5.52. The van der Waals surface area contributed by atoms with Crippen LogP contribution in [0.4, 0.5) is 13.2 Å². The molecule has 21 heavy (non-hydrogen) atoms. The highest BCUT2D eigenvalue weighted by Crippen LogP contribution is 2.16. The average Bonchev–Trinajstić information content (AvgIpc) is 2.45. The van der Waals surface area contributed by atoms with Gasteiger partial charge in [0.2, 0.25) is 0 Å². The molecular weight excluding hydrogens is 281 g/mol. The van der Waals surface area contributed by atoms with Crippen LogP contribution in [0.25, 0.3) is 10.9 Å². The number of aromatic nitrogens is 1. The van der Waals surface area contributed by atoms with E-state index < -0.39 is 12.8 Å². The molecule has 0 aliphatic rings. The number of nitrogens with zero attached hydrogens (tertiary/aromatic N) is 1. The predicted molar refractivity (Wildman–Crippen MR) is 74.9 cm³/mol. The molecule has 6 heteroatoms. The van der Waals surface area contributed by atoms with Gasteiger partial charge >= 0.3 is 6.18 Å². The molecule has 0 atom stereocenters. The maximum absolute atomic E-state index is 11.9. The molecular formula is C15H17F3N2O. The molecule has 1 aromatic carbocycles. The highest BCUT2D eigenvalue weighted by Gasteiger charge is 2.27. The molecule has 1 aromatic heterocycles. The number of alkyl halides is 3. The Morgan fingerprint density at radius 2 is 1.95 bits per heavy atom. The third-order valence-electron chi connectivity index (χ3n) is 2.94. The van der Waals surface area contributed by atoms with Crippen LogP contribution in [0.3, 0.4) is 0 Å². The van der Waals surface area contributed by atoms with Gasteiger partial charge in [0, 0.05) is 24.7 Å². The summed E-state index contributed by atoms with van der Waals surface area (Å²) in [5.74, 6) is 0. The first kappa shape index (κ1) is 15.7. The largest absolute Gasteiger partial charge is 0.411 e. The zero-order chi connectivity index (χ0) is 15.1. The van der Waals surface area contributed by atoms with Crippen LogP contribution in [0.2, 0.25) is 0 Å². The van der Waals surface area contributed by atoms with Crippen LogP contribution in [0.1, 0.15) is 12.0 Å². The van der Waals surface area contributed by atoms with Crippen molar-refractivity contribution in [1.82, 2.24) is 10.3 Å². The van der Waals surface area contributed by atoms with Crippen LogP contribution in [0.5, 0.6) is 0 Å². The van der Waals surface area contributed by atoms with Crippen LogP contribution in [-0.2, 0) is 11.3 Å². The SMILES string of the molecule is FC(F)(F)COCCCNCc1cccc2cccnc12. The van der Waals surface area contributed by atoms with Crippen LogP contribution in [0.15, 0.2) is 36.5 Å². The molecule has 0 aliphatic heterocycles. The third kappa shape index (κ3) is 5.32. The molecule has 3 nitrogen and oxygen atoms in total. The van der Waals surface area contributed by atoms with Gasteiger partial charge in [0.25, 0.3) is 0 Å². The number of hydrogen-bond acceptors (Lipinski definition) is 3. The van der Waals surface area contributed by atoms with Crippen molar-refractivity contribution in [3.8, 4) is 0 Å². The molecule has 1 heterocycles. The third-order valence-corrected chi connectivity index (χ3v) is 2.94. The van der Waals surface area contributed by atoms with E-state index in [-0.39, 0.29) is 6.61 Å². The summed E-state index contributed by atoms with van der Waals surface area (Å²) in [4.78, 5) is 4.35. The van der Waals surface area contributed by atoms with E-state index in [9.17, 15) is 13.2 Å². The lowest BCUT2D eigenvalue weighted by Crippen LogP contribution is -2.20. The van der Waals surface area contributed by atoms with E-state index >= 15 is 0 Å². The Bertz CT molecular complexity index is 567. The normalized spacial score (nSPS) is 12.0. The Hall–Kier alpha value is -1.66. The van der Waals surface area contributed by atoms with Crippen molar-refractivity contribution >= 4 is 10.9 Å². The van der Waals surface area contributed by atoms with Gasteiger partial charge in [-0.05, 0) is 24.6 Å². The van der Waals surface area contributed by atoms with Gasteiger partial charge in [-0.1, -0.05) is 24.3 Å². The highest BCUT2D eigenvalue weighted by molar-refractivity contribution is 5.81. The Morgan fingerprint density at radius 1 is 1.14 bits per heavy atom. The summed E-state index contributed by atoms with van der Waals surface area (Å²) in [5.41, 5.74) is 2.02. The number of ether oxygens (including phenoxy) is 1. The van der Waals surface area contributed by atoms with Gasteiger partial charge in [0.15, 0.2) is 0 Å². The summed E-state index contributed by atoms with van der Waals surface area (Å²) in [6.07, 6.45) is -1.97. The fourth-order valence-corrected chi connectivity index (χ4v) is 2.02. The first-order chi connectivity index (χ1) is 10.1. The predicted octanol–water partition coefficient (Wildman–Crippen LogP) is 3.29. The topological polar surface area (TPSA) is 34.1 Å². The lowest BCUT2D eigenvalue weighted by atomic mass is 10.1. The second kappa shape index (κ2) is 7.38. The molecule has 0 fully saturated rings. The first-order valence-electron chi connectivity index (χ1n) is 6.74. The van der Waals surface area contributed by atoms with Crippen LogP contribution in [-0.4, -0.2) is 30.9 Å². The molecule has 0 unspecified atom stereocenters. The molecule has 0 aliphatic carbocycles. The van der Waals surface area contributed by atoms with Gasteiger partial charge in [0.05, 0.1) is 5.52 Å². The highest BCUT2D eigenvalue weighted by atomic mass is 19.4. The van der Waals surface area contributed by atoms with Gasteiger partial charge in [-0.3, -0.25) is 4.98 Å². The van der Waals surface area contributed by atoms with Crippen LogP contribution in [0, 0.1) is 0 Å². The summed E-state index contributed by atoms with van der Waals surface area (Å²) in [6, 6.07) is 9.83. The summed E-state index contributed by atoms with van der Waals surface area (Å²) in [5, 5.41) is 4.26. The van der Waals surface area contributed by atoms with Gasteiger partial charge in [0.1, 0.15) is 6.61 Å². The summed E-state index contributed by atoms with van der Waals surface area (Å²) in [6.45, 7) is 0.148. The summed E-state index contributed by atoms with van der Waals surface area (Å²) < 4.78 is 40.1. The molecule has 0 spiro atoms. The number of halogens is 3. The average molecular weight is 298 g/mol. The van der Waals surface area contributed by atoms with Crippen molar-refractivity contribution in [3.63, 3.8) is 0 Å². The minimum Gasteiger partial charge on any atom is -0.372 e. The number of para-hydroxylation sites is 1. The molecule has 2 aromatic rings. The summed E-state index contributed by atoms with van der Waals surface area (Å²) in [7, 11) is 0. The lowest BCUT2D eigenvalue weighted by Gasteiger charge is -2.09. The number of pyridine rings is 1. The lowest BCUT2D eigenvalue weighted by molar-refractivity contribution is -0.173. The second-order valence-corrected chi connectivity index (χ2v) is 4.69. The number of fused-ring (bicyclic) bond motifs is 1. The Balaban J connectivity index is 1.71. The molecule has 2 rings (SSSR count). The van der Waals surface area contributed by atoms with Crippen molar-refractivity contribution in [2.45, 2.75) is 19.1 Å². The molecule has 0 saturated carbocycles. The summed E-state index contributed by atoms with van der Waals surface area (Å²) >= 11 is 0. The maximum atomic E-state index is 11.9. The van der Waals surface area contributed by atoms with Crippen molar-refractivity contribution < 1.29 is 17.9 Å². The number of rotatable bonds is 7. The molecule has 0 saturated heterocycles. The molecule has 114 valence electrons. The Labute approximate surface area is 121 Å². The molecule has 1 N–H and O–H groups in total. The molecule has 0 radical (unpaired) electrons. The second-order valence-electron chi connectivity index (χ2n) is 4.69. The minimum atomic E-state index is -4.25. The van der Waals surface area contributed by atoms with E-state index in [1.165, 1.54) is 0 Å². The van der Waals surface area contributed by atoms with Gasteiger partial charge in [-0.15, -0.1) is 0 Å². The molecule has 0 bridgehead atoms. The van der Waals surface area contributed by atoms with Crippen molar-refractivity contribution in [1.29, 1.82) is 0 Å². The number of hydrogen-bond donors (Lipinski definition) is 1. The quantitative estimate of drug-likeness (QED) is 0.796. The molecule has 0 amide bonds. The van der Waals surface area contributed by atoms with Gasteiger partial charge in [-0.2, -0.15) is 13.2 Å². The van der Waals surface area contributed by atoms with Gasteiger partial charge in [-0.25, -0.2) is 0 Å². The van der Waals surface area contributed by atoms with E-state index in [4.69, 9.17) is 0 Å². The van der Waals surface area contributed by atoms with E-state index in [0.717, 1.165) is 16.5 Å². The van der Waals surface area contributed by atoms with E-state index in [0.29, 0.717) is 19.5 Å². The van der Waals surface area contributed by atoms with Crippen molar-refractivity contribution in [2.24, 2.45) is 0 Å². The standard InChI is InChI=1S/C15H17F3N2O/c16-15(17,18)11-21-9-3-7-19-10-13-5-1-4-12-6-2-8-20-14(12)13/h1-2,4-6,8,19H,3,7,9-11H2. The smallest absolute Gasteiger partial charge is 0.372 e. The van der Waals surface area contributed by atoms with E-state index in [1.54, 1.807) is 6.20 Å². The maximum Gasteiger partial charge on any atom is 0.411 e. The Morgan fingerprint density at radius 3 is 2.76 bits per heavy atom. The number of nitrogens with one attached hydrogen (secondary N) is 1. The monoisotopic (exact) mass is 298 g/mol. The van der Waals surface area contributed by atoms with E-state index in [2.05, 4.69) is 15.0 Å². The van der Waals surface area contributed by atoms with Crippen LogP contribution < -0.4 is 5.32 Å². The first-order valence-corrected chi connectivity index (χ1v) is 6.74. The fraction of sp³-hybridized carbons (Fsp3) is 0.400. The zero-order valence-corrected chi connectivity index (χ0v) is 11.5. The van der Waals surface area contributed by atoms with Crippen molar-refractivity contribution in [3.05, 3.63) is 42.1 Å². The fourth-order valence-electron chi connectivity index (χ4n) is 2.02. The van der Waals surface area contributed by atoms with Crippen LogP contribution >= 0.6 is 0 Å². The van der Waals surface area contributed by atoms with Gasteiger partial charge < -0.3 is 10.1 Å². The minimum absolute atomic E-state index is 0.0975. The van der Waals surface area contributed by atoms with E-state index in [1.807, 2.05) is 30.3 Å².